The molecule has 0 atom stereocenters. The van der Waals surface area contributed by atoms with Crippen LogP contribution in [0.15, 0.2) is 47.6 Å². The second kappa shape index (κ2) is 9.61. The first-order valence-electron chi connectivity index (χ1n) is 8.77. The fourth-order valence-electron chi connectivity index (χ4n) is 2.41. The van der Waals surface area contributed by atoms with Crippen molar-refractivity contribution in [2.45, 2.75) is 33.6 Å². The van der Waals surface area contributed by atoms with E-state index >= 15 is 0 Å². The van der Waals surface area contributed by atoms with Gasteiger partial charge >= 0.3 is 0 Å². The molecule has 0 saturated heterocycles. The number of hydrogen-bond donors (Lipinski definition) is 1. The molecule has 1 N–H and O–H groups in total. The molecule has 0 aliphatic heterocycles. The second-order valence-corrected chi connectivity index (χ2v) is 6.28. The molecule has 26 heavy (non-hydrogen) atoms. The van der Waals surface area contributed by atoms with Gasteiger partial charge in [0.25, 0.3) is 5.91 Å². The van der Waals surface area contributed by atoms with Gasteiger partial charge in [-0.15, -0.1) is 0 Å². The summed E-state index contributed by atoms with van der Waals surface area (Å²) < 4.78 is 11.1. The van der Waals surface area contributed by atoms with Crippen molar-refractivity contribution in [2.75, 3.05) is 13.2 Å². The zero-order valence-corrected chi connectivity index (χ0v) is 15.8. The van der Waals surface area contributed by atoms with Crippen LogP contribution in [0.2, 0.25) is 0 Å². The van der Waals surface area contributed by atoms with E-state index in [1.54, 1.807) is 6.21 Å². The number of amides is 1. The molecule has 0 unspecified atom stereocenters. The molecular weight excluding hydrogens is 328 g/mol. The summed E-state index contributed by atoms with van der Waals surface area (Å²) in [7, 11) is 0. The van der Waals surface area contributed by atoms with Gasteiger partial charge in [-0.3, -0.25) is 4.79 Å². The molecule has 0 bridgehead atoms. The van der Waals surface area contributed by atoms with Crippen molar-refractivity contribution < 1.29 is 14.3 Å². The Bertz CT molecular complexity index is 752. The summed E-state index contributed by atoms with van der Waals surface area (Å²) in [6, 6.07) is 13.5. The molecule has 138 valence electrons. The van der Waals surface area contributed by atoms with E-state index in [4.69, 9.17) is 9.47 Å². The molecule has 0 fully saturated rings. The van der Waals surface area contributed by atoms with Crippen LogP contribution in [0.1, 0.15) is 43.4 Å². The highest BCUT2D eigenvalue weighted by atomic mass is 16.5. The normalized spacial score (nSPS) is 11.0. The molecule has 0 radical (unpaired) electrons. The molecule has 0 aliphatic rings. The number of ether oxygens (including phenoxy) is 2. The fourth-order valence-corrected chi connectivity index (χ4v) is 2.41. The molecule has 0 aromatic heterocycles. The van der Waals surface area contributed by atoms with E-state index in [2.05, 4.69) is 24.4 Å². The Hall–Kier alpha value is -2.82. The Morgan fingerprint density at radius 3 is 2.54 bits per heavy atom. The van der Waals surface area contributed by atoms with Crippen molar-refractivity contribution in [2.24, 2.45) is 5.10 Å². The lowest BCUT2D eigenvalue weighted by Gasteiger charge is -2.14. The summed E-state index contributed by atoms with van der Waals surface area (Å²) in [5.74, 6) is 1.57. The van der Waals surface area contributed by atoms with Crippen molar-refractivity contribution in [1.29, 1.82) is 0 Å². The van der Waals surface area contributed by atoms with Crippen molar-refractivity contribution in [1.82, 2.24) is 5.43 Å². The molecule has 2 rings (SSSR count). The first-order valence-corrected chi connectivity index (χ1v) is 8.77. The molecule has 5 heteroatoms. The number of nitrogens with zero attached hydrogens (tertiary/aromatic N) is 1. The molecule has 5 nitrogen and oxygen atoms in total. The van der Waals surface area contributed by atoms with Crippen LogP contribution < -0.4 is 14.9 Å². The third-order valence-corrected chi connectivity index (χ3v) is 3.74. The number of nitrogens with one attached hydrogen (secondary N) is 1. The van der Waals surface area contributed by atoms with Crippen LogP contribution in [-0.2, 0) is 4.79 Å². The van der Waals surface area contributed by atoms with E-state index in [9.17, 15) is 4.79 Å². The van der Waals surface area contributed by atoms with Crippen LogP contribution in [0.4, 0.5) is 0 Å². The highest BCUT2D eigenvalue weighted by molar-refractivity contribution is 5.83. The van der Waals surface area contributed by atoms with Crippen LogP contribution in [0.5, 0.6) is 11.5 Å². The molecule has 2 aromatic rings. The minimum atomic E-state index is -0.302. The molecule has 0 saturated carbocycles. The Morgan fingerprint density at radius 1 is 1.15 bits per heavy atom. The summed E-state index contributed by atoms with van der Waals surface area (Å²) in [4.78, 5) is 11.9. The number of benzene rings is 2. The molecule has 0 aliphatic carbocycles. The Balaban J connectivity index is 1.86. The maximum atomic E-state index is 11.9. The van der Waals surface area contributed by atoms with Crippen molar-refractivity contribution in [3.8, 4) is 11.5 Å². The quantitative estimate of drug-likeness (QED) is 0.575. The zero-order chi connectivity index (χ0) is 18.9. The van der Waals surface area contributed by atoms with Crippen LogP contribution >= 0.6 is 0 Å². The number of aryl methyl sites for hydroxylation is 1. The average molecular weight is 354 g/mol. The van der Waals surface area contributed by atoms with Crippen LogP contribution in [0.3, 0.4) is 0 Å². The Kier molecular flexibility index (Phi) is 7.21. The number of carbonyl (C=O) groups is 1. The lowest BCUT2D eigenvalue weighted by molar-refractivity contribution is -0.123. The third-order valence-electron chi connectivity index (χ3n) is 3.74. The van der Waals surface area contributed by atoms with E-state index in [0.29, 0.717) is 12.5 Å². The SMILES string of the molecule is CCOc1ccc(/C=N/NC(=O)COc2cc(C)ccc2C(C)C)cc1. The molecule has 0 spiro atoms. The average Bonchev–Trinajstić information content (AvgIpc) is 2.61. The highest BCUT2D eigenvalue weighted by Crippen LogP contribution is 2.27. The molecule has 0 heterocycles. The number of hydrazone groups is 1. The summed E-state index contributed by atoms with van der Waals surface area (Å²) in [6.07, 6.45) is 1.58. The van der Waals surface area contributed by atoms with Crippen molar-refractivity contribution >= 4 is 12.1 Å². The second-order valence-electron chi connectivity index (χ2n) is 6.28. The first kappa shape index (κ1) is 19.5. The van der Waals surface area contributed by atoms with Gasteiger partial charge in [0.2, 0.25) is 0 Å². The molecule has 1 amide bonds. The van der Waals surface area contributed by atoms with Crippen LogP contribution in [0, 0.1) is 6.92 Å². The summed E-state index contributed by atoms with van der Waals surface area (Å²) in [5, 5.41) is 3.96. The van der Waals surface area contributed by atoms with Gasteiger partial charge in [-0.05, 0) is 66.8 Å². The van der Waals surface area contributed by atoms with E-state index in [0.717, 1.165) is 28.2 Å². The van der Waals surface area contributed by atoms with Crippen LogP contribution in [0.25, 0.3) is 0 Å². The van der Waals surface area contributed by atoms with E-state index < -0.39 is 0 Å². The van der Waals surface area contributed by atoms with Gasteiger partial charge in [-0.25, -0.2) is 5.43 Å². The topological polar surface area (TPSA) is 59.9 Å². The molecule has 2 aromatic carbocycles. The Morgan fingerprint density at radius 2 is 1.88 bits per heavy atom. The van der Waals surface area contributed by atoms with Crippen LogP contribution in [-0.4, -0.2) is 25.3 Å². The maximum absolute atomic E-state index is 11.9. The fraction of sp³-hybridized carbons (Fsp3) is 0.333. The van der Waals surface area contributed by atoms with E-state index in [1.807, 2.05) is 56.3 Å². The summed E-state index contributed by atoms with van der Waals surface area (Å²) in [6.45, 7) is 8.68. The minimum absolute atomic E-state index is 0.0796. The Labute approximate surface area is 155 Å². The van der Waals surface area contributed by atoms with Gasteiger partial charge in [0, 0.05) is 0 Å². The van der Waals surface area contributed by atoms with Gasteiger partial charge in [0.15, 0.2) is 6.61 Å². The van der Waals surface area contributed by atoms with E-state index in [1.165, 1.54) is 0 Å². The monoisotopic (exact) mass is 354 g/mol. The first-order chi connectivity index (χ1) is 12.5. The van der Waals surface area contributed by atoms with Gasteiger partial charge in [0.05, 0.1) is 12.8 Å². The predicted octanol–water partition coefficient (Wildman–Crippen LogP) is 4.05. The third kappa shape index (κ3) is 5.92. The van der Waals surface area contributed by atoms with Crippen molar-refractivity contribution in [3.63, 3.8) is 0 Å². The lowest BCUT2D eigenvalue weighted by Crippen LogP contribution is -2.25. The van der Waals surface area contributed by atoms with E-state index in [-0.39, 0.29) is 12.5 Å². The lowest BCUT2D eigenvalue weighted by atomic mass is 10.0. The minimum Gasteiger partial charge on any atom is -0.494 e. The smallest absolute Gasteiger partial charge is 0.277 e. The highest BCUT2D eigenvalue weighted by Gasteiger charge is 2.10. The standard InChI is InChI=1S/C21H26N2O3/c1-5-25-18-9-7-17(8-10-18)13-22-23-21(24)14-26-20-12-16(4)6-11-19(20)15(2)3/h6-13,15H,5,14H2,1-4H3,(H,23,24)/b22-13+. The van der Waals surface area contributed by atoms with Crippen molar-refractivity contribution in [3.05, 3.63) is 59.2 Å². The number of hydrogen-bond acceptors (Lipinski definition) is 4. The number of carbonyl (C=O) groups excluding carboxylic acids is 1. The van der Waals surface area contributed by atoms with Gasteiger partial charge in [-0.1, -0.05) is 26.0 Å². The summed E-state index contributed by atoms with van der Waals surface area (Å²) >= 11 is 0. The predicted molar refractivity (Wildman–Crippen MR) is 104 cm³/mol. The summed E-state index contributed by atoms with van der Waals surface area (Å²) in [5.41, 5.74) is 5.53. The van der Waals surface area contributed by atoms with Gasteiger partial charge < -0.3 is 9.47 Å². The van der Waals surface area contributed by atoms with Gasteiger partial charge in [-0.2, -0.15) is 5.10 Å². The van der Waals surface area contributed by atoms with Gasteiger partial charge in [0.1, 0.15) is 11.5 Å². The maximum Gasteiger partial charge on any atom is 0.277 e. The zero-order valence-electron chi connectivity index (χ0n) is 15.8. The largest absolute Gasteiger partial charge is 0.494 e. The molecular formula is C21H26N2O3. The number of rotatable bonds is 8.